The number of nitrogens with zero attached hydrogens (tertiary/aromatic N) is 6. The van der Waals surface area contributed by atoms with Gasteiger partial charge in [-0.05, 0) is 16.0 Å². The summed E-state index contributed by atoms with van der Waals surface area (Å²) in [5.74, 6) is 0.477. The monoisotopic (exact) mass is 360 g/mol. The summed E-state index contributed by atoms with van der Waals surface area (Å²) in [6, 6.07) is 9.87. The van der Waals surface area contributed by atoms with Crippen molar-refractivity contribution >= 4 is 5.91 Å². The zero-order valence-electron chi connectivity index (χ0n) is 14.9. The minimum absolute atomic E-state index is 0.0342. The van der Waals surface area contributed by atoms with Gasteiger partial charge in [0.1, 0.15) is 6.54 Å². The van der Waals surface area contributed by atoms with E-state index in [4.69, 9.17) is 9.84 Å². The number of hydrogen-bond donors (Lipinski definition) is 1. The van der Waals surface area contributed by atoms with Gasteiger partial charge in [0.05, 0.1) is 25.9 Å². The van der Waals surface area contributed by atoms with Gasteiger partial charge in [-0.1, -0.05) is 30.3 Å². The van der Waals surface area contributed by atoms with Crippen molar-refractivity contribution in [3.8, 4) is 0 Å². The topological polar surface area (TPSA) is 96.6 Å². The lowest BCUT2D eigenvalue weighted by molar-refractivity contribution is -0.131. The van der Waals surface area contributed by atoms with Crippen LogP contribution in [0.25, 0.3) is 0 Å². The molecule has 1 amide bonds. The van der Waals surface area contributed by atoms with Crippen LogP contribution in [0, 0.1) is 0 Å². The predicted octanol–water partition coefficient (Wildman–Crippen LogP) is -0.455. The minimum Gasteiger partial charge on any atom is -0.395 e. The molecular formula is C17H24N6O3. The van der Waals surface area contributed by atoms with Crippen molar-refractivity contribution in [2.45, 2.75) is 12.6 Å². The maximum absolute atomic E-state index is 12.4. The average molecular weight is 360 g/mol. The molecule has 1 N–H and O–H groups in total. The largest absolute Gasteiger partial charge is 0.395 e. The van der Waals surface area contributed by atoms with Crippen LogP contribution in [0.5, 0.6) is 0 Å². The number of likely N-dealkylation sites (N-methyl/N-ethyl adjacent to an activating group) is 1. The van der Waals surface area contributed by atoms with Crippen LogP contribution in [0.4, 0.5) is 0 Å². The van der Waals surface area contributed by atoms with Gasteiger partial charge in [-0.15, -0.1) is 5.10 Å². The molecular weight excluding hydrogens is 336 g/mol. The molecule has 3 rings (SSSR count). The molecule has 1 fully saturated rings. The molecule has 26 heavy (non-hydrogen) atoms. The maximum Gasteiger partial charge on any atom is 0.244 e. The molecule has 1 aromatic carbocycles. The van der Waals surface area contributed by atoms with Crippen LogP contribution in [0.1, 0.15) is 17.4 Å². The zero-order valence-corrected chi connectivity index (χ0v) is 14.9. The molecule has 9 heteroatoms. The van der Waals surface area contributed by atoms with Crippen molar-refractivity contribution < 1.29 is 14.6 Å². The van der Waals surface area contributed by atoms with Crippen molar-refractivity contribution in [3.63, 3.8) is 0 Å². The van der Waals surface area contributed by atoms with Crippen LogP contribution in [-0.2, 0) is 16.1 Å². The molecule has 1 aliphatic rings. The van der Waals surface area contributed by atoms with Gasteiger partial charge in [0.25, 0.3) is 0 Å². The van der Waals surface area contributed by atoms with Crippen LogP contribution in [0.15, 0.2) is 30.3 Å². The maximum atomic E-state index is 12.4. The number of aliphatic hydroxyl groups excluding tert-OH is 1. The Morgan fingerprint density at radius 1 is 1.31 bits per heavy atom. The number of carbonyl (C=O) groups excluding carboxylic acids is 1. The van der Waals surface area contributed by atoms with Crippen molar-refractivity contribution in [2.75, 3.05) is 46.5 Å². The number of aromatic nitrogens is 4. The highest BCUT2D eigenvalue weighted by Crippen LogP contribution is 2.27. The summed E-state index contributed by atoms with van der Waals surface area (Å²) in [6.07, 6.45) is 0. The highest BCUT2D eigenvalue weighted by atomic mass is 16.5. The van der Waals surface area contributed by atoms with Crippen molar-refractivity contribution in [1.29, 1.82) is 0 Å². The van der Waals surface area contributed by atoms with Crippen LogP contribution >= 0.6 is 0 Å². The smallest absolute Gasteiger partial charge is 0.244 e. The van der Waals surface area contributed by atoms with E-state index < -0.39 is 0 Å². The first-order valence-corrected chi connectivity index (χ1v) is 8.68. The first-order valence-electron chi connectivity index (χ1n) is 8.68. The number of amides is 1. The van der Waals surface area contributed by atoms with Crippen molar-refractivity contribution in [3.05, 3.63) is 41.7 Å². The summed E-state index contributed by atoms with van der Waals surface area (Å²) in [5.41, 5.74) is 1.07. The molecule has 0 spiro atoms. The Morgan fingerprint density at radius 2 is 2.04 bits per heavy atom. The van der Waals surface area contributed by atoms with E-state index in [1.807, 2.05) is 30.3 Å². The fraction of sp³-hybridized carbons (Fsp3) is 0.529. The molecule has 9 nitrogen and oxygen atoms in total. The first kappa shape index (κ1) is 18.4. The number of hydrogen-bond acceptors (Lipinski definition) is 7. The molecule has 0 saturated carbocycles. The first-order chi connectivity index (χ1) is 12.7. The van der Waals surface area contributed by atoms with E-state index in [2.05, 4.69) is 20.4 Å². The van der Waals surface area contributed by atoms with Gasteiger partial charge < -0.3 is 14.7 Å². The molecule has 0 radical (unpaired) electrons. The molecule has 2 aromatic rings. The van der Waals surface area contributed by atoms with Crippen LogP contribution in [-0.4, -0.2) is 87.5 Å². The Hall–Kier alpha value is -2.36. The molecule has 1 saturated heterocycles. The second-order valence-electron chi connectivity index (χ2n) is 6.20. The Balaban J connectivity index is 1.88. The SMILES string of the molecule is CN(CCO)C(=O)Cn1nnnc1[C@@H](c1ccccc1)N1CCOCC1. The molecule has 0 unspecified atom stereocenters. The molecule has 1 atom stereocenters. The molecule has 0 aliphatic carbocycles. The summed E-state index contributed by atoms with van der Waals surface area (Å²) in [5, 5.41) is 21.1. The third-order valence-corrected chi connectivity index (χ3v) is 4.48. The van der Waals surface area contributed by atoms with Gasteiger partial charge in [-0.3, -0.25) is 9.69 Å². The second-order valence-corrected chi connectivity index (χ2v) is 6.20. The van der Waals surface area contributed by atoms with Crippen molar-refractivity contribution in [2.24, 2.45) is 0 Å². The minimum atomic E-state index is -0.151. The number of aliphatic hydroxyl groups is 1. The fourth-order valence-corrected chi connectivity index (χ4v) is 3.04. The van der Waals surface area contributed by atoms with Crippen LogP contribution in [0.2, 0.25) is 0 Å². The quantitative estimate of drug-likeness (QED) is 0.714. The normalized spacial score (nSPS) is 16.4. The van der Waals surface area contributed by atoms with Gasteiger partial charge in [-0.2, -0.15) is 0 Å². The summed E-state index contributed by atoms with van der Waals surface area (Å²) in [4.78, 5) is 16.1. The summed E-state index contributed by atoms with van der Waals surface area (Å²) < 4.78 is 7.02. The lowest BCUT2D eigenvalue weighted by atomic mass is 10.0. The van der Waals surface area contributed by atoms with E-state index in [1.54, 1.807) is 11.7 Å². The Labute approximate surface area is 152 Å². The van der Waals surface area contributed by atoms with Gasteiger partial charge in [0, 0.05) is 26.7 Å². The molecule has 140 valence electrons. The summed E-state index contributed by atoms with van der Waals surface area (Å²) >= 11 is 0. The number of benzene rings is 1. The number of carbonyl (C=O) groups is 1. The van der Waals surface area contributed by atoms with Gasteiger partial charge in [-0.25, -0.2) is 4.68 Å². The van der Waals surface area contributed by atoms with Crippen LogP contribution < -0.4 is 0 Å². The average Bonchev–Trinajstić information content (AvgIpc) is 3.11. The number of tetrazole rings is 1. The Morgan fingerprint density at radius 3 is 2.73 bits per heavy atom. The lowest BCUT2D eigenvalue weighted by Crippen LogP contribution is -2.41. The van der Waals surface area contributed by atoms with E-state index in [9.17, 15) is 4.79 Å². The van der Waals surface area contributed by atoms with Gasteiger partial charge in [0.2, 0.25) is 5.91 Å². The Kier molecular flexibility index (Phi) is 6.26. The van der Waals surface area contributed by atoms with E-state index in [-0.39, 0.29) is 31.6 Å². The fourth-order valence-electron chi connectivity index (χ4n) is 3.04. The predicted molar refractivity (Wildman–Crippen MR) is 93.2 cm³/mol. The third-order valence-electron chi connectivity index (χ3n) is 4.48. The molecule has 1 aliphatic heterocycles. The summed E-state index contributed by atoms with van der Waals surface area (Å²) in [7, 11) is 1.65. The zero-order chi connectivity index (χ0) is 18.4. The van der Waals surface area contributed by atoms with E-state index >= 15 is 0 Å². The molecule has 2 heterocycles. The number of morpholine rings is 1. The highest BCUT2D eigenvalue weighted by molar-refractivity contribution is 5.75. The lowest BCUT2D eigenvalue weighted by Gasteiger charge is -2.34. The second kappa shape index (κ2) is 8.84. The standard InChI is InChI=1S/C17H24N6O3/c1-21(7-10-24)15(25)13-23-17(18-19-20-23)16(14-5-3-2-4-6-14)22-8-11-26-12-9-22/h2-6,16,24H,7-13H2,1H3/t16-/m1/s1. The Bertz CT molecular complexity index is 702. The third kappa shape index (κ3) is 4.24. The highest BCUT2D eigenvalue weighted by Gasteiger charge is 2.29. The number of rotatable bonds is 7. The summed E-state index contributed by atoms with van der Waals surface area (Å²) in [6.45, 7) is 3.08. The van der Waals surface area contributed by atoms with Gasteiger partial charge in [0.15, 0.2) is 5.82 Å². The van der Waals surface area contributed by atoms with Crippen LogP contribution in [0.3, 0.4) is 0 Å². The van der Waals surface area contributed by atoms with Crippen molar-refractivity contribution in [1.82, 2.24) is 30.0 Å². The van der Waals surface area contributed by atoms with Gasteiger partial charge >= 0.3 is 0 Å². The number of ether oxygens (including phenoxy) is 1. The molecule has 0 bridgehead atoms. The van der Waals surface area contributed by atoms with E-state index in [1.165, 1.54) is 4.90 Å². The van der Waals surface area contributed by atoms with E-state index in [0.29, 0.717) is 19.0 Å². The van der Waals surface area contributed by atoms with E-state index in [0.717, 1.165) is 18.7 Å². The molecule has 1 aromatic heterocycles.